The first-order chi connectivity index (χ1) is 21.9. The van der Waals surface area contributed by atoms with Gasteiger partial charge in [-0.25, -0.2) is 22.3 Å². The summed E-state index contributed by atoms with van der Waals surface area (Å²) in [6, 6.07) is 9.74. The summed E-state index contributed by atoms with van der Waals surface area (Å²) in [7, 11) is -4.11. The van der Waals surface area contributed by atoms with E-state index in [1.54, 1.807) is 25.1 Å². The molecule has 0 unspecified atom stereocenters. The summed E-state index contributed by atoms with van der Waals surface area (Å²) in [5.74, 6) is -2.38. The molecule has 0 aliphatic carbocycles. The number of sulfonamides is 1. The van der Waals surface area contributed by atoms with E-state index in [1.807, 2.05) is 23.1 Å². The molecule has 0 saturated carbocycles. The molecule has 250 valence electrons. The van der Waals surface area contributed by atoms with Gasteiger partial charge in [-0.05, 0) is 86.4 Å². The normalized spacial score (nSPS) is 26.9. The second kappa shape index (κ2) is 14.7. The number of fused-ring (bicyclic) bond motifs is 3. The molecule has 3 heterocycles. The molecule has 2 N–H and O–H groups in total. The number of rotatable bonds is 4. The molecule has 0 radical (unpaired) electrons. The molecule has 2 aromatic carbocycles. The number of carbonyl (C=O) groups excluding carboxylic acids is 1. The van der Waals surface area contributed by atoms with Crippen molar-refractivity contribution in [1.29, 1.82) is 0 Å². The lowest BCUT2D eigenvalue weighted by Crippen LogP contribution is -2.59. The zero-order valence-corrected chi connectivity index (χ0v) is 27.7. The maximum atomic E-state index is 15.9. The summed E-state index contributed by atoms with van der Waals surface area (Å²) < 4.78 is 56.4. The highest BCUT2D eigenvalue weighted by Gasteiger charge is 2.38. The number of amides is 1. The Labute approximate surface area is 274 Å². The minimum atomic E-state index is -4.11. The Hall–Kier alpha value is -3.19. The maximum absolute atomic E-state index is 15.9. The Bertz CT molecular complexity index is 1590. The molecule has 46 heavy (non-hydrogen) atoms. The third kappa shape index (κ3) is 8.02. The zero-order valence-electron chi connectivity index (χ0n) is 26.1. The third-order valence-corrected chi connectivity index (χ3v) is 11.4. The number of carboxylic acids is 1. The van der Waals surface area contributed by atoms with Crippen LogP contribution < -0.4 is 14.4 Å². The van der Waals surface area contributed by atoms with Crippen LogP contribution in [0.1, 0.15) is 61.0 Å². The highest BCUT2D eigenvalue weighted by atomic mass is 35.5. The summed E-state index contributed by atoms with van der Waals surface area (Å²) in [4.78, 5) is 28.6. The van der Waals surface area contributed by atoms with E-state index in [-0.39, 0.29) is 31.2 Å². The summed E-state index contributed by atoms with van der Waals surface area (Å²) >= 11 is 6.30. The second-order valence-electron chi connectivity index (χ2n) is 12.4. The lowest BCUT2D eigenvalue weighted by atomic mass is 9.96. The van der Waals surface area contributed by atoms with Gasteiger partial charge in [-0.15, -0.1) is 0 Å². The Morgan fingerprint density at radius 2 is 1.96 bits per heavy atom. The second-order valence-corrected chi connectivity index (χ2v) is 14.8. The van der Waals surface area contributed by atoms with Crippen molar-refractivity contribution in [1.82, 2.24) is 9.62 Å². The molecule has 5 rings (SSSR count). The number of hydrogen-bond donors (Lipinski definition) is 2. The quantitative estimate of drug-likeness (QED) is 0.463. The molecule has 2 bridgehead atoms. The molecule has 0 aromatic heterocycles. The number of aliphatic carboxylic acids is 1. The zero-order chi connectivity index (χ0) is 33.0. The fraction of sp³-hybridized carbons (Fsp3) is 0.515. The Kier molecular flexibility index (Phi) is 10.9. The van der Waals surface area contributed by atoms with Gasteiger partial charge >= 0.3 is 5.97 Å². The molecular weight excluding hydrogens is 637 g/mol. The number of ether oxygens (including phenoxy) is 2. The topological polar surface area (TPSA) is 125 Å². The molecule has 13 heteroatoms. The van der Waals surface area contributed by atoms with Crippen LogP contribution in [0.2, 0.25) is 5.02 Å². The molecule has 1 amide bonds. The van der Waals surface area contributed by atoms with Crippen molar-refractivity contribution in [2.45, 2.75) is 69.9 Å². The number of nitrogens with one attached hydrogen (secondary N) is 1. The lowest BCUT2D eigenvalue weighted by Gasteiger charge is -2.47. The molecule has 10 nitrogen and oxygen atoms in total. The smallest absolute Gasteiger partial charge is 0.329 e. The van der Waals surface area contributed by atoms with Crippen LogP contribution in [-0.2, 0) is 32.6 Å². The van der Waals surface area contributed by atoms with Gasteiger partial charge in [-0.1, -0.05) is 30.7 Å². The minimum absolute atomic E-state index is 0.0892. The van der Waals surface area contributed by atoms with Crippen molar-refractivity contribution in [2.24, 2.45) is 5.92 Å². The van der Waals surface area contributed by atoms with Gasteiger partial charge in [0.2, 0.25) is 10.0 Å². The van der Waals surface area contributed by atoms with Crippen molar-refractivity contribution >= 4 is 39.2 Å². The maximum Gasteiger partial charge on any atom is 0.329 e. The van der Waals surface area contributed by atoms with Gasteiger partial charge in [-0.3, -0.25) is 9.69 Å². The van der Waals surface area contributed by atoms with Crippen LogP contribution in [-0.4, -0.2) is 80.5 Å². The van der Waals surface area contributed by atoms with E-state index >= 15 is 4.39 Å². The van der Waals surface area contributed by atoms with Gasteiger partial charge in [0.1, 0.15) is 24.8 Å². The number of anilines is 1. The summed E-state index contributed by atoms with van der Waals surface area (Å²) in [5.41, 5.74) is 2.93. The minimum Gasteiger partial charge on any atom is -0.487 e. The van der Waals surface area contributed by atoms with Crippen LogP contribution in [0.3, 0.4) is 0 Å². The highest BCUT2D eigenvalue weighted by molar-refractivity contribution is 7.90. The van der Waals surface area contributed by atoms with Gasteiger partial charge in [0.25, 0.3) is 5.91 Å². The van der Waals surface area contributed by atoms with Crippen LogP contribution in [0.5, 0.6) is 5.75 Å². The fourth-order valence-corrected chi connectivity index (χ4v) is 7.69. The van der Waals surface area contributed by atoms with Crippen molar-refractivity contribution < 1.29 is 37.0 Å². The number of allylic oxidation sites excluding steroid dienone is 1. The van der Waals surface area contributed by atoms with Crippen molar-refractivity contribution in [3.05, 3.63) is 70.0 Å². The Morgan fingerprint density at radius 3 is 2.70 bits per heavy atom. The summed E-state index contributed by atoms with van der Waals surface area (Å²) in [6.45, 7) is 4.41. The number of halogens is 2. The number of carbonyl (C=O) groups is 2. The Morgan fingerprint density at radius 1 is 1.15 bits per heavy atom. The molecule has 2 aromatic rings. The molecule has 4 atom stereocenters. The van der Waals surface area contributed by atoms with Gasteiger partial charge in [0, 0.05) is 36.3 Å². The van der Waals surface area contributed by atoms with Gasteiger partial charge in [0.05, 0.1) is 23.6 Å². The van der Waals surface area contributed by atoms with Crippen LogP contribution in [0, 0.1) is 5.92 Å². The van der Waals surface area contributed by atoms with E-state index in [2.05, 4.69) is 9.62 Å². The van der Waals surface area contributed by atoms with Gasteiger partial charge in [-0.2, -0.15) is 0 Å². The van der Waals surface area contributed by atoms with Crippen molar-refractivity contribution in [3.8, 4) is 5.75 Å². The first-order valence-corrected chi connectivity index (χ1v) is 17.6. The first-order valence-electron chi connectivity index (χ1n) is 15.7. The number of benzene rings is 2. The standard InChI is InChI=1S/C33H41ClFN3O7S/c1-21-6-10-28(35)30(19-44-20-32(39)40)38-14-12-27(38)17-37-13-4-3-5-23-15-26(34)9-7-25(23)18-45-31-11-8-24(16-29(31)37)33(41)36-46(42,43)22(21)2/h7-11,15-16,21-22,27,30H,3-6,12-14,17-20H2,1-2H3,(H,36,41)(H,39,40)/b28-10-/t21-,22+,27-,30-/m0/s1. The van der Waals surface area contributed by atoms with E-state index in [9.17, 15) is 18.0 Å². The van der Waals surface area contributed by atoms with E-state index in [1.165, 1.54) is 13.0 Å². The number of carboxylic acid groups (broad SMARTS) is 1. The van der Waals surface area contributed by atoms with Crippen LogP contribution in [0.4, 0.5) is 10.1 Å². The van der Waals surface area contributed by atoms with Crippen molar-refractivity contribution in [3.63, 3.8) is 0 Å². The van der Waals surface area contributed by atoms with E-state index < -0.39 is 51.5 Å². The molecular formula is C33H41ClFN3O7S. The molecule has 1 saturated heterocycles. The first kappa shape index (κ1) is 34.2. The predicted octanol–water partition coefficient (Wildman–Crippen LogP) is 4.95. The van der Waals surface area contributed by atoms with Gasteiger partial charge < -0.3 is 19.5 Å². The molecule has 0 spiro atoms. The summed E-state index contributed by atoms with van der Waals surface area (Å²) in [6.07, 6.45) is 4.72. The van der Waals surface area contributed by atoms with E-state index in [4.69, 9.17) is 26.2 Å². The van der Waals surface area contributed by atoms with E-state index in [0.29, 0.717) is 36.1 Å². The average Bonchev–Trinajstić information content (AvgIpc) is 3.03. The van der Waals surface area contributed by atoms with E-state index in [0.717, 1.165) is 36.8 Å². The number of aryl methyl sites for hydroxylation is 1. The van der Waals surface area contributed by atoms with Crippen LogP contribution >= 0.6 is 11.6 Å². The molecule has 3 aliphatic heterocycles. The molecule has 1 fully saturated rings. The Balaban J connectivity index is 1.54. The average molecular weight is 678 g/mol. The van der Waals surface area contributed by atoms with Crippen LogP contribution in [0.25, 0.3) is 0 Å². The third-order valence-electron chi connectivity index (χ3n) is 9.29. The number of nitrogens with zero attached hydrogens (tertiary/aromatic N) is 2. The fourth-order valence-electron chi connectivity index (χ4n) is 6.21. The molecule has 3 aliphatic rings. The lowest BCUT2D eigenvalue weighted by molar-refractivity contribution is -0.143. The van der Waals surface area contributed by atoms with Crippen molar-refractivity contribution in [2.75, 3.05) is 37.7 Å². The monoisotopic (exact) mass is 677 g/mol. The summed E-state index contributed by atoms with van der Waals surface area (Å²) in [5, 5.41) is 8.78. The number of hydrogen-bond acceptors (Lipinski definition) is 8. The SMILES string of the molecule is C[C@@H]1[C@@H](C)C/C=C(\F)[C@H](COCC(=O)O)N2CC[C@H]2CN2CCCCc3cc(Cl)ccc3COc3ccc(cc32)C(=O)NS1(=O)=O. The van der Waals surface area contributed by atoms with Gasteiger partial charge in [0.15, 0.2) is 0 Å². The predicted molar refractivity (Wildman–Crippen MR) is 174 cm³/mol. The largest absolute Gasteiger partial charge is 0.487 e. The van der Waals surface area contributed by atoms with Crippen LogP contribution in [0.15, 0.2) is 48.3 Å². The highest BCUT2D eigenvalue weighted by Crippen LogP contribution is 2.35.